The van der Waals surface area contributed by atoms with E-state index in [1.54, 1.807) is 29.6 Å². The van der Waals surface area contributed by atoms with Gasteiger partial charge in [-0.05, 0) is 45.8 Å². The van der Waals surface area contributed by atoms with E-state index < -0.39 is 23.5 Å². The molecule has 1 unspecified atom stereocenters. The van der Waals surface area contributed by atoms with E-state index in [4.69, 9.17) is 16.3 Å². The van der Waals surface area contributed by atoms with Crippen molar-refractivity contribution in [2.75, 3.05) is 12.0 Å². The number of hydrogen-bond acceptors (Lipinski definition) is 3. The summed E-state index contributed by atoms with van der Waals surface area (Å²) in [4.78, 5) is 13.5. The van der Waals surface area contributed by atoms with Gasteiger partial charge < -0.3 is 9.84 Å². The van der Waals surface area contributed by atoms with Crippen LogP contribution in [0.4, 0.5) is 23.7 Å². The molecule has 2 aromatic rings. The number of benzene rings is 2. The van der Waals surface area contributed by atoms with Crippen molar-refractivity contribution in [3.8, 4) is 5.75 Å². The second-order valence-electron chi connectivity index (χ2n) is 5.86. The maximum absolute atomic E-state index is 13.5. The molecule has 27 heavy (non-hydrogen) atoms. The van der Waals surface area contributed by atoms with Crippen molar-refractivity contribution < 1.29 is 27.8 Å². The Morgan fingerprint density at radius 3 is 2.48 bits per heavy atom. The van der Waals surface area contributed by atoms with Crippen molar-refractivity contribution in [3.05, 3.63) is 57.0 Å². The minimum atomic E-state index is -5.14. The lowest BCUT2D eigenvalue weighted by Crippen LogP contribution is -2.62. The molecule has 0 fully saturated rings. The fraction of sp³-hybridized carbons (Fsp3) is 0.235. The first-order chi connectivity index (χ1) is 12.6. The number of halogens is 5. The molecule has 1 atom stereocenters. The molecule has 2 aromatic carbocycles. The third kappa shape index (κ3) is 3.46. The molecule has 0 saturated carbocycles. The highest BCUT2D eigenvalue weighted by atomic mass is 79.9. The quantitative estimate of drug-likeness (QED) is 0.699. The zero-order valence-electron chi connectivity index (χ0n) is 13.8. The van der Waals surface area contributed by atoms with Gasteiger partial charge in [0.1, 0.15) is 5.75 Å². The SMILES string of the molecule is COc1ccc(CN2C(=O)NC(O)(C(F)(F)F)c3cc(Cl)c(Br)cc32)cc1. The van der Waals surface area contributed by atoms with Gasteiger partial charge in [0.25, 0.3) is 5.72 Å². The van der Waals surface area contributed by atoms with E-state index in [0.717, 1.165) is 11.0 Å². The van der Waals surface area contributed by atoms with Gasteiger partial charge in [0.2, 0.25) is 0 Å². The number of ether oxygens (including phenoxy) is 1. The Kier molecular flexibility index (Phi) is 5.04. The van der Waals surface area contributed by atoms with Crippen molar-refractivity contribution >= 4 is 39.2 Å². The molecule has 5 nitrogen and oxygen atoms in total. The minimum absolute atomic E-state index is 0.0230. The normalized spacial score (nSPS) is 19.5. The number of nitrogens with zero attached hydrogens (tertiary/aromatic N) is 1. The van der Waals surface area contributed by atoms with Gasteiger partial charge in [-0.2, -0.15) is 13.2 Å². The van der Waals surface area contributed by atoms with Gasteiger partial charge in [0.05, 0.1) is 24.4 Å². The molecule has 0 spiro atoms. The highest BCUT2D eigenvalue weighted by Crippen LogP contribution is 2.46. The summed E-state index contributed by atoms with van der Waals surface area (Å²) in [5.41, 5.74) is -3.55. The second kappa shape index (κ2) is 6.88. The topological polar surface area (TPSA) is 61.8 Å². The van der Waals surface area contributed by atoms with Gasteiger partial charge in [0, 0.05) is 10.0 Å². The molecule has 10 heteroatoms. The maximum atomic E-state index is 13.5. The van der Waals surface area contributed by atoms with E-state index >= 15 is 0 Å². The van der Waals surface area contributed by atoms with E-state index in [9.17, 15) is 23.1 Å². The Labute approximate surface area is 165 Å². The lowest BCUT2D eigenvalue weighted by Gasteiger charge is -2.41. The maximum Gasteiger partial charge on any atom is 0.441 e. The highest BCUT2D eigenvalue weighted by Gasteiger charge is 2.60. The highest BCUT2D eigenvalue weighted by molar-refractivity contribution is 9.10. The third-order valence-electron chi connectivity index (χ3n) is 4.16. The van der Waals surface area contributed by atoms with E-state index in [2.05, 4.69) is 15.9 Å². The van der Waals surface area contributed by atoms with E-state index in [0.29, 0.717) is 15.8 Å². The number of urea groups is 1. The largest absolute Gasteiger partial charge is 0.497 e. The zero-order chi connectivity index (χ0) is 20.0. The van der Waals surface area contributed by atoms with Crippen LogP contribution in [0.25, 0.3) is 0 Å². The average Bonchev–Trinajstić information content (AvgIpc) is 2.60. The van der Waals surface area contributed by atoms with Crippen LogP contribution in [-0.2, 0) is 12.3 Å². The van der Waals surface area contributed by atoms with Crippen molar-refractivity contribution in [1.29, 1.82) is 0 Å². The first-order valence-corrected chi connectivity index (χ1v) is 8.75. The predicted octanol–water partition coefficient (Wildman–Crippen LogP) is 4.55. The number of amides is 2. The number of fused-ring (bicyclic) bond motifs is 1. The van der Waals surface area contributed by atoms with Gasteiger partial charge in [-0.3, -0.25) is 10.2 Å². The lowest BCUT2D eigenvalue weighted by molar-refractivity contribution is -0.275. The lowest BCUT2D eigenvalue weighted by atomic mass is 9.96. The number of alkyl halides is 3. The first-order valence-electron chi connectivity index (χ1n) is 7.58. The molecule has 2 N–H and O–H groups in total. The molecule has 0 aromatic heterocycles. The molecule has 1 aliphatic heterocycles. The number of rotatable bonds is 3. The molecule has 0 aliphatic carbocycles. The fourth-order valence-corrected chi connectivity index (χ4v) is 3.24. The van der Waals surface area contributed by atoms with Crippen LogP contribution < -0.4 is 15.0 Å². The zero-order valence-corrected chi connectivity index (χ0v) is 16.1. The van der Waals surface area contributed by atoms with Crippen LogP contribution in [0, 0.1) is 0 Å². The number of aliphatic hydroxyl groups is 1. The van der Waals surface area contributed by atoms with E-state index in [1.165, 1.54) is 13.2 Å². The molecule has 0 bridgehead atoms. The Balaban J connectivity index is 2.09. The number of anilines is 1. The van der Waals surface area contributed by atoms with Crippen molar-refractivity contribution in [2.24, 2.45) is 0 Å². The van der Waals surface area contributed by atoms with Crippen LogP contribution in [-0.4, -0.2) is 24.4 Å². The smallest absolute Gasteiger partial charge is 0.441 e. The Morgan fingerprint density at radius 1 is 1.30 bits per heavy atom. The van der Waals surface area contributed by atoms with Crippen molar-refractivity contribution in [1.82, 2.24) is 5.32 Å². The number of hydrogen-bond donors (Lipinski definition) is 2. The summed E-state index contributed by atoms with van der Waals surface area (Å²) >= 11 is 9.07. The first kappa shape index (κ1) is 19.8. The number of methoxy groups -OCH3 is 1. The van der Waals surface area contributed by atoms with E-state index in [1.807, 2.05) is 0 Å². The van der Waals surface area contributed by atoms with Crippen LogP contribution in [0.2, 0.25) is 5.02 Å². The van der Waals surface area contributed by atoms with Gasteiger partial charge in [-0.25, -0.2) is 4.79 Å². The van der Waals surface area contributed by atoms with Crippen LogP contribution in [0.5, 0.6) is 5.75 Å². The van der Waals surface area contributed by atoms with Crippen LogP contribution >= 0.6 is 27.5 Å². The van der Waals surface area contributed by atoms with Gasteiger partial charge in [0.15, 0.2) is 0 Å². The van der Waals surface area contributed by atoms with Gasteiger partial charge in [-0.1, -0.05) is 23.7 Å². The number of nitrogens with one attached hydrogen (secondary N) is 1. The summed E-state index contributed by atoms with van der Waals surface area (Å²) in [5.74, 6) is 0.600. The summed E-state index contributed by atoms with van der Waals surface area (Å²) < 4.78 is 45.8. The van der Waals surface area contributed by atoms with Gasteiger partial charge in [-0.15, -0.1) is 0 Å². The van der Waals surface area contributed by atoms with Crippen LogP contribution in [0.15, 0.2) is 40.9 Å². The van der Waals surface area contributed by atoms with Crippen LogP contribution in [0.1, 0.15) is 11.1 Å². The fourth-order valence-electron chi connectivity index (χ4n) is 2.74. The Hall–Kier alpha value is -1.97. The number of carbonyl (C=O) groups is 1. The molecule has 3 rings (SSSR count). The van der Waals surface area contributed by atoms with Gasteiger partial charge >= 0.3 is 12.2 Å². The average molecular weight is 466 g/mol. The summed E-state index contributed by atoms with van der Waals surface area (Å²) in [6.07, 6.45) is -5.14. The standard InChI is InChI=1S/C17H13BrClF3N2O3/c1-27-10-4-2-9(3-5-10)8-24-14-7-12(18)13(19)6-11(14)16(26,17(20,21)22)23-15(24)25/h2-7,26H,8H2,1H3,(H,23,25). The molecule has 0 saturated heterocycles. The molecule has 2 amide bonds. The molecule has 144 valence electrons. The summed E-state index contributed by atoms with van der Waals surface area (Å²) in [5, 5.41) is 11.8. The summed E-state index contributed by atoms with van der Waals surface area (Å²) in [6, 6.07) is 7.87. The predicted molar refractivity (Wildman–Crippen MR) is 96.8 cm³/mol. The molecule has 1 heterocycles. The monoisotopic (exact) mass is 464 g/mol. The molecule has 1 aliphatic rings. The van der Waals surface area contributed by atoms with Crippen molar-refractivity contribution in [2.45, 2.75) is 18.4 Å². The Morgan fingerprint density at radius 2 is 1.93 bits per heavy atom. The number of carbonyl (C=O) groups excluding carboxylic acids is 1. The summed E-state index contributed by atoms with van der Waals surface area (Å²) in [7, 11) is 1.50. The Bertz CT molecular complexity index is 892. The third-order valence-corrected chi connectivity index (χ3v) is 5.36. The summed E-state index contributed by atoms with van der Waals surface area (Å²) in [6.45, 7) is -0.0230. The molecule has 0 radical (unpaired) electrons. The van der Waals surface area contributed by atoms with E-state index in [-0.39, 0.29) is 17.3 Å². The molecular formula is C17H13BrClF3N2O3. The van der Waals surface area contributed by atoms with Crippen molar-refractivity contribution in [3.63, 3.8) is 0 Å². The van der Waals surface area contributed by atoms with Crippen LogP contribution in [0.3, 0.4) is 0 Å². The molecular weight excluding hydrogens is 453 g/mol. The second-order valence-corrected chi connectivity index (χ2v) is 7.12. The minimum Gasteiger partial charge on any atom is -0.497 e.